The Morgan fingerprint density at radius 1 is 1.37 bits per heavy atom. The monoisotopic (exact) mass is 428 g/mol. The summed E-state index contributed by atoms with van der Waals surface area (Å²) in [7, 11) is 0. The van der Waals surface area contributed by atoms with Gasteiger partial charge < -0.3 is 21.6 Å². The third-order valence-electron chi connectivity index (χ3n) is 4.91. The van der Waals surface area contributed by atoms with Gasteiger partial charge in [-0.3, -0.25) is 19.4 Å². The Labute approximate surface area is 175 Å². The number of carboxylic acid groups (broad SMARTS) is 1. The summed E-state index contributed by atoms with van der Waals surface area (Å²) >= 11 is 1.02. The number of aliphatic imine (C=N–C) groups is 2. The topological polar surface area (TPSA) is 177 Å². The molecule has 0 amide bonds. The maximum Gasteiger partial charge on any atom is 0.304 e. The van der Waals surface area contributed by atoms with Gasteiger partial charge in [0.1, 0.15) is 11.1 Å². The van der Waals surface area contributed by atoms with Crippen LogP contribution in [0.15, 0.2) is 45.8 Å². The number of carbonyl (C=O) groups is 3. The van der Waals surface area contributed by atoms with E-state index in [0.29, 0.717) is 0 Å². The van der Waals surface area contributed by atoms with Crippen molar-refractivity contribution in [2.24, 2.45) is 21.5 Å². The molecule has 2 atom stereocenters. The van der Waals surface area contributed by atoms with Gasteiger partial charge in [0.05, 0.1) is 6.42 Å². The number of hydrogen-bond acceptors (Lipinski definition) is 7. The van der Waals surface area contributed by atoms with Crippen LogP contribution in [0.1, 0.15) is 35.9 Å². The van der Waals surface area contributed by atoms with Gasteiger partial charge in [0, 0.05) is 29.9 Å². The number of aromatic nitrogens is 2. The molecule has 0 aliphatic carbocycles. The molecular weight excluding hydrogens is 408 g/mol. The number of nitrogens with one attached hydrogen (secondary N) is 1. The van der Waals surface area contributed by atoms with E-state index in [1.165, 1.54) is 23.7 Å². The predicted molar refractivity (Wildman–Crippen MR) is 112 cm³/mol. The number of allylic oxidation sites excluding steroid dienone is 1. The first kappa shape index (κ1) is 21.1. The number of nitrogens with two attached hydrogens (primary N) is 2. The molecule has 3 rings (SSSR count). The molecule has 3 heterocycles. The Morgan fingerprint density at radius 2 is 2.13 bits per heavy atom. The molecule has 0 aromatic carbocycles. The molecule has 0 fully saturated rings. The minimum absolute atomic E-state index is 0.0490. The van der Waals surface area contributed by atoms with Gasteiger partial charge in [-0.1, -0.05) is 6.92 Å². The standard InChI is InChI=1S/C19H20N6O4S/c1-2-13(26)19(6-4-8-23-19)18(9-14(27)28,12-5-3-7-22-12)15(29)11-10-30-17(24-11)25-16(20)21/h3-8,10,22H,2,9H2,1H3,(H,27,28)(H4,20,21,24,25). The van der Waals surface area contributed by atoms with Crippen molar-refractivity contribution < 1.29 is 19.5 Å². The molecule has 1 aliphatic rings. The van der Waals surface area contributed by atoms with Crippen LogP contribution in [-0.2, 0) is 15.0 Å². The van der Waals surface area contributed by atoms with Gasteiger partial charge in [-0.05, 0) is 24.3 Å². The number of H-pyrrole nitrogens is 1. The molecule has 156 valence electrons. The van der Waals surface area contributed by atoms with Crippen LogP contribution >= 0.6 is 11.3 Å². The van der Waals surface area contributed by atoms with E-state index in [9.17, 15) is 19.5 Å². The van der Waals surface area contributed by atoms with E-state index in [-0.39, 0.29) is 28.9 Å². The highest BCUT2D eigenvalue weighted by atomic mass is 32.1. The van der Waals surface area contributed by atoms with E-state index < -0.39 is 34.9 Å². The summed E-state index contributed by atoms with van der Waals surface area (Å²) in [6.45, 7) is 1.64. The van der Waals surface area contributed by atoms with Crippen LogP contribution in [0.25, 0.3) is 0 Å². The minimum Gasteiger partial charge on any atom is -0.481 e. The number of rotatable bonds is 9. The maximum atomic E-state index is 13.9. The number of hydrogen-bond donors (Lipinski definition) is 4. The van der Waals surface area contributed by atoms with Crippen LogP contribution in [-0.4, -0.2) is 50.3 Å². The average Bonchev–Trinajstić information content (AvgIpc) is 3.46. The van der Waals surface area contributed by atoms with Gasteiger partial charge in [-0.15, -0.1) is 11.3 Å². The molecule has 6 N–H and O–H groups in total. The summed E-state index contributed by atoms with van der Waals surface area (Å²) in [6, 6.07) is 3.19. The Balaban J connectivity index is 2.30. The highest BCUT2D eigenvalue weighted by Crippen LogP contribution is 2.47. The van der Waals surface area contributed by atoms with E-state index in [2.05, 4.69) is 20.0 Å². The van der Waals surface area contributed by atoms with Crippen molar-refractivity contribution >= 4 is 46.2 Å². The van der Waals surface area contributed by atoms with Gasteiger partial charge in [-0.2, -0.15) is 4.99 Å². The lowest BCUT2D eigenvalue weighted by Crippen LogP contribution is -2.59. The van der Waals surface area contributed by atoms with E-state index in [1.54, 1.807) is 25.3 Å². The lowest BCUT2D eigenvalue weighted by Gasteiger charge is -2.41. The Bertz CT molecular complexity index is 1050. The lowest BCUT2D eigenvalue weighted by atomic mass is 9.60. The Hall–Kier alpha value is -3.60. The maximum absolute atomic E-state index is 13.9. The highest BCUT2D eigenvalue weighted by Gasteiger charge is 2.62. The van der Waals surface area contributed by atoms with E-state index in [4.69, 9.17) is 11.5 Å². The lowest BCUT2D eigenvalue weighted by molar-refractivity contribution is -0.139. The molecule has 0 saturated heterocycles. The van der Waals surface area contributed by atoms with Crippen LogP contribution < -0.4 is 11.5 Å². The van der Waals surface area contributed by atoms with Crippen LogP contribution in [0.4, 0.5) is 5.13 Å². The zero-order chi connectivity index (χ0) is 21.9. The first-order valence-electron chi connectivity index (χ1n) is 8.99. The molecule has 2 unspecified atom stereocenters. The van der Waals surface area contributed by atoms with Gasteiger partial charge in [-0.25, -0.2) is 4.98 Å². The van der Waals surface area contributed by atoms with Gasteiger partial charge in [0.2, 0.25) is 5.13 Å². The van der Waals surface area contributed by atoms with Crippen molar-refractivity contribution in [1.82, 2.24) is 9.97 Å². The summed E-state index contributed by atoms with van der Waals surface area (Å²) in [6.07, 6.45) is 5.32. The van der Waals surface area contributed by atoms with E-state index in [1.807, 2.05) is 0 Å². The molecule has 2 aromatic heterocycles. The predicted octanol–water partition coefficient (Wildman–Crippen LogP) is 1.33. The molecule has 11 heteroatoms. The number of carboxylic acids is 1. The van der Waals surface area contributed by atoms with Gasteiger partial charge in [0.25, 0.3) is 0 Å². The number of carbonyl (C=O) groups excluding carboxylic acids is 2. The molecule has 0 bridgehead atoms. The number of ketones is 2. The molecular formula is C19H20N6O4S. The minimum atomic E-state index is -1.89. The van der Waals surface area contributed by atoms with E-state index >= 15 is 0 Å². The molecule has 0 saturated carbocycles. The van der Waals surface area contributed by atoms with Crippen molar-refractivity contribution in [2.45, 2.75) is 30.7 Å². The number of aromatic amines is 1. The second kappa shape index (κ2) is 8.03. The average molecular weight is 428 g/mol. The number of Topliss-reactive ketones (excluding diaryl/α,β-unsaturated/α-hetero) is 2. The van der Waals surface area contributed by atoms with Crippen molar-refractivity contribution in [3.8, 4) is 0 Å². The third-order valence-corrected chi connectivity index (χ3v) is 5.64. The summed E-state index contributed by atoms with van der Waals surface area (Å²) in [5.41, 5.74) is 7.31. The zero-order valence-corrected chi connectivity index (χ0v) is 16.8. The molecule has 10 nitrogen and oxygen atoms in total. The second-order valence-corrected chi connectivity index (χ2v) is 7.46. The number of nitrogens with zero attached hydrogens (tertiary/aromatic N) is 3. The molecule has 2 aromatic rings. The van der Waals surface area contributed by atoms with Crippen molar-refractivity contribution in [2.75, 3.05) is 0 Å². The van der Waals surface area contributed by atoms with Crippen LogP contribution in [0.3, 0.4) is 0 Å². The van der Waals surface area contributed by atoms with E-state index in [0.717, 1.165) is 11.3 Å². The molecule has 0 radical (unpaired) electrons. The second-order valence-electron chi connectivity index (χ2n) is 6.62. The third kappa shape index (κ3) is 3.32. The zero-order valence-electron chi connectivity index (χ0n) is 16.0. The smallest absolute Gasteiger partial charge is 0.304 e. The molecule has 30 heavy (non-hydrogen) atoms. The quantitative estimate of drug-likeness (QED) is 0.264. The van der Waals surface area contributed by atoms with Crippen molar-refractivity contribution in [3.63, 3.8) is 0 Å². The van der Waals surface area contributed by atoms with Crippen LogP contribution in [0.2, 0.25) is 0 Å². The first-order valence-corrected chi connectivity index (χ1v) is 9.86. The summed E-state index contributed by atoms with van der Waals surface area (Å²) < 4.78 is 0. The summed E-state index contributed by atoms with van der Waals surface area (Å²) in [5.74, 6) is -2.57. The van der Waals surface area contributed by atoms with Crippen molar-refractivity contribution in [1.29, 1.82) is 0 Å². The summed E-state index contributed by atoms with van der Waals surface area (Å²) in [4.78, 5) is 54.3. The highest BCUT2D eigenvalue weighted by molar-refractivity contribution is 7.13. The number of thiazole rings is 1. The van der Waals surface area contributed by atoms with Gasteiger partial charge >= 0.3 is 5.97 Å². The van der Waals surface area contributed by atoms with Crippen LogP contribution in [0, 0.1) is 0 Å². The molecule has 1 aliphatic heterocycles. The van der Waals surface area contributed by atoms with Gasteiger partial charge in [0.15, 0.2) is 23.1 Å². The normalized spacial score (nSPS) is 19.4. The first-order chi connectivity index (χ1) is 14.3. The molecule has 0 spiro atoms. The number of aliphatic carboxylic acids is 1. The fraction of sp³-hybridized carbons (Fsp3) is 0.263. The number of guanidine groups is 1. The van der Waals surface area contributed by atoms with Crippen LogP contribution in [0.5, 0.6) is 0 Å². The fourth-order valence-corrected chi connectivity index (χ4v) is 4.38. The largest absolute Gasteiger partial charge is 0.481 e. The summed E-state index contributed by atoms with van der Waals surface area (Å²) in [5, 5.41) is 11.3. The fourth-order valence-electron chi connectivity index (χ4n) is 3.69. The SMILES string of the molecule is CCC(=O)C1(C(CC(=O)O)(C(=O)c2csc(N=C(N)N)n2)c2ccc[nH]2)C=CC=N1. The van der Waals surface area contributed by atoms with Crippen molar-refractivity contribution in [3.05, 3.63) is 47.2 Å². The Morgan fingerprint density at radius 3 is 2.67 bits per heavy atom. The Kier molecular flexibility index (Phi) is 5.65.